The molecular formula is C23H47IN6. The van der Waals surface area contributed by atoms with Gasteiger partial charge in [0.25, 0.3) is 0 Å². The summed E-state index contributed by atoms with van der Waals surface area (Å²) in [5, 5.41) is 7.28. The van der Waals surface area contributed by atoms with Gasteiger partial charge in [0.1, 0.15) is 0 Å². The van der Waals surface area contributed by atoms with Crippen LogP contribution in [0.25, 0.3) is 0 Å². The highest BCUT2D eigenvalue weighted by atomic mass is 127. The Kier molecular flexibility index (Phi) is 12.3. The number of nitrogens with one attached hydrogen (secondary N) is 2. The third-order valence-electron chi connectivity index (χ3n) is 7.38. The van der Waals surface area contributed by atoms with E-state index in [1.807, 2.05) is 7.05 Å². The molecule has 176 valence electrons. The van der Waals surface area contributed by atoms with Gasteiger partial charge in [0.2, 0.25) is 0 Å². The van der Waals surface area contributed by atoms with Crippen LogP contribution in [0.3, 0.4) is 0 Å². The molecule has 0 unspecified atom stereocenters. The van der Waals surface area contributed by atoms with Crippen LogP contribution in [0.5, 0.6) is 0 Å². The van der Waals surface area contributed by atoms with Crippen LogP contribution in [0, 0.1) is 0 Å². The average molecular weight is 535 g/mol. The van der Waals surface area contributed by atoms with Crippen molar-refractivity contribution in [3.8, 4) is 0 Å². The summed E-state index contributed by atoms with van der Waals surface area (Å²) in [7, 11) is 4.15. The minimum atomic E-state index is 0. The second-order valence-corrected chi connectivity index (χ2v) is 9.54. The van der Waals surface area contributed by atoms with Gasteiger partial charge in [-0.1, -0.05) is 25.7 Å². The van der Waals surface area contributed by atoms with E-state index in [0.717, 1.165) is 19.0 Å². The number of nitrogens with zero attached hydrogens (tertiary/aromatic N) is 4. The van der Waals surface area contributed by atoms with Crippen molar-refractivity contribution in [1.29, 1.82) is 0 Å². The van der Waals surface area contributed by atoms with E-state index in [0.29, 0.717) is 5.54 Å². The number of likely N-dealkylation sites (N-methyl/N-ethyl adjacent to an activating group) is 1. The van der Waals surface area contributed by atoms with Gasteiger partial charge in [0, 0.05) is 38.8 Å². The van der Waals surface area contributed by atoms with Crippen molar-refractivity contribution in [2.45, 2.75) is 69.7 Å². The van der Waals surface area contributed by atoms with Gasteiger partial charge in [0.05, 0.1) is 0 Å². The minimum Gasteiger partial charge on any atom is -0.356 e. The van der Waals surface area contributed by atoms with Crippen LogP contribution in [0.2, 0.25) is 0 Å². The molecule has 30 heavy (non-hydrogen) atoms. The maximum absolute atomic E-state index is 4.51. The minimum absolute atomic E-state index is 0. The Labute approximate surface area is 202 Å². The zero-order valence-electron chi connectivity index (χ0n) is 19.6. The van der Waals surface area contributed by atoms with Crippen molar-refractivity contribution in [1.82, 2.24) is 25.3 Å². The summed E-state index contributed by atoms with van der Waals surface area (Å²) in [6.45, 7) is 10.7. The molecule has 3 aliphatic rings. The fourth-order valence-electron chi connectivity index (χ4n) is 5.48. The van der Waals surface area contributed by atoms with Crippen LogP contribution in [0.15, 0.2) is 4.99 Å². The quantitative estimate of drug-likeness (QED) is 0.228. The normalized spacial score (nSPS) is 24.7. The fraction of sp³-hybridized carbons (Fsp3) is 0.957. The predicted octanol–water partition coefficient (Wildman–Crippen LogP) is 2.99. The number of guanidine groups is 1. The summed E-state index contributed by atoms with van der Waals surface area (Å²) >= 11 is 0. The highest BCUT2D eigenvalue weighted by Crippen LogP contribution is 2.35. The van der Waals surface area contributed by atoms with E-state index in [1.165, 1.54) is 110 Å². The molecule has 0 atom stereocenters. The molecule has 1 saturated carbocycles. The molecular weight excluding hydrogens is 487 g/mol. The van der Waals surface area contributed by atoms with Crippen LogP contribution < -0.4 is 10.6 Å². The van der Waals surface area contributed by atoms with Gasteiger partial charge in [-0.05, 0) is 78.3 Å². The summed E-state index contributed by atoms with van der Waals surface area (Å²) in [6.07, 6.45) is 13.5. The van der Waals surface area contributed by atoms with Crippen LogP contribution in [-0.2, 0) is 0 Å². The van der Waals surface area contributed by atoms with E-state index >= 15 is 0 Å². The maximum atomic E-state index is 4.51. The number of aliphatic imine (C=N–C) groups is 1. The van der Waals surface area contributed by atoms with E-state index in [2.05, 4.69) is 37.4 Å². The fourth-order valence-corrected chi connectivity index (χ4v) is 5.48. The second-order valence-electron chi connectivity index (χ2n) is 9.54. The Balaban J connectivity index is 0.00000320. The van der Waals surface area contributed by atoms with Crippen molar-refractivity contribution in [3.63, 3.8) is 0 Å². The molecule has 2 aliphatic heterocycles. The smallest absolute Gasteiger partial charge is 0.191 e. The Bertz CT molecular complexity index is 488. The number of hydrogen-bond donors (Lipinski definition) is 2. The zero-order valence-corrected chi connectivity index (χ0v) is 22.0. The molecule has 3 rings (SSSR count). The standard InChI is InChI=1S/C23H46N6.HI/c1-24-22(25-13-9-15-28-16-10-14-27(2)19-20-28)26-21-23(11-5-3-6-12-23)29-17-7-4-8-18-29;/h3-21H2,1-2H3,(H2,24,25,26);1H. The van der Waals surface area contributed by atoms with Gasteiger partial charge in [-0.3, -0.25) is 9.89 Å². The summed E-state index contributed by atoms with van der Waals surface area (Å²) in [5.41, 5.74) is 0.356. The Morgan fingerprint density at radius 2 is 1.57 bits per heavy atom. The third kappa shape index (κ3) is 8.10. The van der Waals surface area contributed by atoms with Gasteiger partial charge in [-0.2, -0.15) is 0 Å². The highest BCUT2D eigenvalue weighted by molar-refractivity contribution is 14.0. The summed E-state index contributed by atoms with van der Waals surface area (Å²) in [5.74, 6) is 0.988. The lowest BCUT2D eigenvalue weighted by molar-refractivity contribution is 0.0368. The summed E-state index contributed by atoms with van der Waals surface area (Å²) in [6, 6.07) is 0. The Morgan fingerprint density at radius 3 is 2.30 bits per heavy atom. The molecule has 0 aromatic heterocycles. The highest BCUT2D eigenvalue weighted by Gasteiger charge is 2.38. The van der Waals surface area contributed by atoms with E-state index in [4.69, 9.17) is 0 Å². The number of piperidine rings is 1. The van der Waals surface area contributed by atoms with Gasteiger partial charge in [-0.25, -0.2) is 0 Å². The molecule has 2 heterocycles. The lowest BCUT2D eigenvalue weighted by Crippen LogP contribution is -2.59. The third-order valence-corrected chi connectivity index (χ3v) is 7.38. The molecule has 2 N–H and O–H groups in total. The van der Waals surface area contributed by atoms with E-state index < -0.39 is 0 Å². The molecule has 6 nitrogen and oxygen atoms in total. The molecule has 2 saturated heterocycles. The topological polar surface area (TPSA) is 46.1 Å². The van der Waals surface area contributed by atoms with Crippen molar-refractivity contribution in [2.75, 3.05) is 73.0 Å². The number of halogens is 1. The molecule has 0 bridgehead atoms. The van der Waals surface area contributed by atoms with Crippen LogP contribution in [-0.4, -0.2) is 99.2 Å². The second kappa shape index (κ2) is 14.1. The number of rotatable bonds is 7. The van der Waals surface area contributed by atoms with Gasteiger partial charge in [-0.15, -0.1) is 24.0 Å². The van der Waals surface area contributed by atoms with Crippen LogP contribution in [0.4, 0.5) is 0 Å². The molecule has 0 amide bonds. The van der Waals surface area contributed by atoms with E-state index in [9.17, 15) is 0 Å². The molecule has 0 aromatic carbocycles. The van der Waals surface area contributed by atoms with Gasteiger partial charge >= 0.3 is 0 Å². The predicted molar refractivity (Wildman–Crippen MR) is 139 cm³/mol. The zero-order chi connectivity index (χ0) is 20.4. The van der Waals surface area contributed by atoms with Gasteiger partial charge < -0.3 is 20.4 Å². The monoisotopic (exact) mass is 534 g/mol. The van der Waals surface area contributed by atoms with Crippen molar-refractivity contribution in [3.05, 3.63) is 0 Å². The molecule has 0 aromatic rings. The molecule has 7 heteroatoms. The number of likely N-dealkylation sites (tertiary alicyclic amines) is 1. The maximum Gasteiger partial charge on any atom is 0.191 e. The Hall–Kier alpha value is -0.120. The van der Waals surface area contributed by atoms with Crippen LogP contribution >= 0.6 is 24.0 Å². The van der Waals surface area contributed by atoms with Crippen LogP contribution in [0.1, 0.15) is 64.2 Å². The average Bonchev–Trinajstić information content (AvgIpc) is 2.98. The first-order chi connectivity index (χ1) is 14.2. The molecule has 1 aliphatic carbocycles. The first-order valence-electron chi connectivity index (χ1n) is 12.3. The molecule has 0 spiro atoms. The Morgan fingerprint density at radius 1 is 0.833 bits per heavy atom. The first-order valence-corrected chi connectivity index (χ1v) is 12.3. The summed E-state index contributed by atoms with van der Waals surface area (Å²) in [4.78, 5) is 12.4. The van der Waals surface area contributed by atoms with Crippen molar-refractivity contribution < 1.29 is 0 Å². The summed E-state index contributed by atoms with van der Waals surface area (Å²) < 4.78 is 0. The lowest BCUT2D eigenvalue weighted by Gasteiger charge is -2.48. The van der Waals surface area contributed by atoms with Crippen molar-refractivity contribution in [2.24, 2.45) is 4.99 Å². The number of hydrogen-bond acceptors (Lipinski definition) is 4. The largest absolute Gasteiger partial charge is 0.356 e. The van der Waals surface area contributed by atoms with Gasteiger partial charge in [0.15, 0.2) is 5.96 Å². The lowest BCUT2D eigenvalue weighted by atomic mass is 9.79. The first kappa shape index (κ1) is 26.1. The molecule has 3 fully saturated rings. The van der Waals surface area contributed by atoms with E-state index in [-0.39, 0.29) is 24.0 Å². The van der Waals surface area contributed by atoms with E-state index in [1.54, 1.807) is 0 Å². The van der Waals surface area contributed by atoms with Crippen molar-refractivity contribution >= 4 is 29.9 Å². The SMILES string of the molecule is CN=C(NCCCN1CCCN(C)CC1)NCC1(N2CCCCC2)CCCCC1.I. The molecule has 0 radical (unpaired) electrons.